The second kappa shape index (κ2) is 7.18. The summed E-state index contributed by atoms with van der Waals surface area (Å²) in [5.74, 6) is -1.27. The van der Waals surface area contributed by atoms with Crippen LogP contribution in [0.3, 0.4) is 0 Å². The summed E-state index contributed by atoms with van der Waals surface area (Å²) in [6.07, 6.45) is 1.32. The summed E-state index contributed by atoms with van der Waals surface area (Å²) in [6.45, 7) is 0.00268. The number of benzene rings is 2. The minimum Gasteiger partial charge on any atom is -0.497 e. The van der Waals surface area contributed by atoms with Gasteiger partial charge in [0, 0.05) is 0 Å². The van der Waals surface area contributed by atoms with E-state index in [1.807, 2.05) is 0 Å². The van der Waals surface area contributed by atoms with Gasteiger partial charge in [0.05, 0.1) is 13.7 Å². The lowest BCUT2D eigenvalue weighted by Gasteiger charge is -2.26. The summed E-state index contributed by atoms with van der Waals surface area (Å²) >= 11 is 0. The summed E-state index contributed by atoms with van der Waals surface area (Å²) in [5, 5.41) is 2.14. The summed E-state index contributed by atoms with van der Waals surface area (Å²) in [4.78, 5) is 37.7. The standard InChI is InChI=1S/C19H15FN2O4/c1-26-15-8-4-13(5-9-15)11-22-18(24)16(17(23)21-19(22)25)10-12-2-6-14(20)7-3-12/h2-10H,11H2,1H3,(H,21,23,25)/b16-10+. The molecule has 6 nitrogen and oxygen atoms in total. The van der Waals surface area contributed by atoms with Gasteiger partial charge in [-0.05, 0) is 41.5 Å². The van der Waals surface area contributed by atoms with Crippen LogP contribution in [0.5, 0.6) is 5.75 Å². The van der Waals surface area contributed by atoms with Crippen molar-refractivity contribution in [1.82, 2.24) is 10.2 Å². The Morgan fingerprint density at radius 2 is 1.69 bits per heavy atom. The number of halogens is 1. The summed E-state index contributed by atoms with van der Waals surface area (Å²) in [6, 6.07) is 11.4. The molecule has 2 aromatic rings. The molecular weight excluding hydrogens is 339 g/mol. The van der Waals surface area contributed by atoms with E-state index in [2.05, 4.69) is 5.32 Å². The molecule has 26 heavy (non-hydrogen) atoms. The van der Waals surface area contributed by atoms with Crippen LogP contribution in [0.1, 0.15) is 11.1 Å². The van der Waals surface area contributed by atoms with Gasteiger partial charge in [-0.15, -0.1) is 0 Å². The topological polar surface area (TPSA) is 75.7 Å². The summed E-state index contributed by atoms with van der Waals surface area (Å²) in [7, 11) is 1.54. The minimum absolute atomic E-state index is 0.00268. The van der Waals surface area contributed by atoms with Crippen molar-refractivity contribution in [2.24, 2.45) is 0 Å². The maximum atomic E-state index is 13.0. The third-order valence-electron chi connectivity index (χ3n) is 3.87. The van der Waals surface area contributed by atoms with Crippen molar-refractivity contribution in [1.29, 1.82) is 0 Å². The van der Waals surface area contributed by atoms with Crippen LogP contribution in [0.25, 0.3) is 6.08 Å². The molecule has 1 saturated heterocycles. The molecule has 1 aliphatic rings. The molecule has 7 heteroatoms. The van der Waals surface area contributed by atoms with E-state index in [4.69, 9.17) is 4.74 Å². The number of ether oxygens (including phenoxy) is 1. The van der Waals surface area contributed by atoms with E-state index in [-0.39, 0.29) is 12.1 Å². The fourth-order valence-corrected chi connectivity index (χ4v) is 2.48. The van der Waals surface area contributed by atoms with Crippen molar-refractivity contribution in [2.75, 3.05) is 7.11 Å². The van der Waals surface area contributed by atoms with Crippen molar-refractivity contribution in [2.45, 2.75) is 6.54 Å². The van der Waals surface area contributed by atoms with E-state index in [1.165, 1.54) is 37.5 Å². The van der Waals surface area contributed by atoms with Gasteiger partial charge in [-0.2, -0.15) is 0 Å². The van der Waals surface area contributed by atoms with Crippen LogP contribution < -0.4 is 10.1 Å². The van der Waals surface area contributed by atoms with Crippen LogP contribution in [-0.4, -0.2) is 29.9 Å². The lowest BCUT2D eigenvalue weighted by atomic mass is 10.1. The van der Waals surface area contributed by atoms with Gasteiger partial charge in [0.15, 0.2) is 0 Å². The molecular formula is C19H15FN2O4. The maximum absolute atomic E-state index is 13.0. The van der Waals surface area contributed by atoms with Crippen molar-refractivity contribution in [3.63, 3.8) is 0 Å². The second-order valence-corrected chi connectivity index (χ2v) is 5.61. The largest absolute Gasteiger partial charge is 0.497 e. The highest BCUT2D eigenvalue weighted by Crippen LogP contribution is 2.18. The second-order valence-electron chi connectivity index (χ2n) is 5.61. The lowest BCUT2D eigenvalue weighted by molar-refractivity contribution is -0.130. The van der Waals surface area contributed by atoms with Gasteiger partial charge in [0.25, 0.3) is 11.8 Å². The Balaban J connectivity index is 1.86. The van der Waals surface area contributed by atoms with Gasteiger partial charge in [-0.25, -0.2) is 9.18 Å². The average molecular weight is 354 g/mol. The first-order chi connectivity index (χ1) is 12.5. The van der Waals surface area contributed by atoms with Gasteiger partial charge in [-0.1, -0.05) is 24.3 Å². The predicted molar refractivity (Wildman–Crippen MR) is 91.5 cm³/mol. The van der Waals surface area contributed by atoms with Gasteiger partial charge in [0.2, 0.25) is 0 Å². The molecule has 1 fully saturated rings. The molecule has 0 unspecified atom stereocenters. The predicted octanol–water partition coefficient (Wildman–Crippen LogP) is 2.50. The monoisotopic (exact) mass is 354 g/mol. The normalized spacial score (nSPS) is 16.0. The smallest absolute Gasteiger partial charge is 0.331 e. The van der Waals surface area contributed by atoms with Crippen molar-refractivity contribution in [3.05, 3.63) is 71.0 Å². The van der Waals surface area contributed by atoms with E-state index in [9.17, 15) is 18.8 Å². The number of imide groups is 2. The van der Waals surface area contributed by atoms with Gasteiger partial charge in [0.1, 0.15) is 17.1 Å². The molecule has 0 spiro atoms. The van der Waals surface area contributed by atoms with Gasteiger partial charge < -0.3 is 4.74 Å². The zero-order valence-electron chi connectivity index (χ0n) is 13.9. The number of nitrogens with one attached hydrogen (secondary N) is 1. The van der Waals surface area contributed by atoms with Crippen LogP contribution in [0.4, 0.5) is 9.18 Å². The van der Waals surface area contributed by atoms with E-state index < -0.39 is 23.7 Å². The molecule has 3 rings (SSSR count). The molecule has 1 N–H and O–H groups in total. The van der Waals surface area contributed by atoms with E-state index >= 15 is 0 Å². The lowest BCUT2D eigenvalue weighted by Crippen LogP contribution is -2.53. The quantitative estimate of drug-likeness (QED) is 0.676. The molecule has 2 aromatic carbocycles. The maximum Gasteiger partial charge on any atom is 0.331 e. The van der Waals surface area contributed by atoms with Crippen molar-refractivity contribution < 1.29 is 23.5 Å². The third kappa shape index (κ3) is 3.61. The van der Waals surface area contributed by atoms with E-state index in [0.717, 1.165) is 4.90 Å². The molecule has 1 aliphatic heterocycles. The third-order valence-corrected chi connectivity index (χ3v) is 3.87. The molecule has 0 saturated carbocycles. The van der Waals surface area contributed by atoms with Crippen LogP contribution in [0.2, 0.25) is 0 Å². The molecule has 0 aromatic heterocycles. The first kappa shape index (κ1) is 17.3. The highest BCUT2D eigenvalue weighted by atomic mass is 19.1. The highest BCUT2D eigenvalue weighted by Gasteiger charge is 2.35. The number of nitrogens with zero attached hydrogens (tertiary/aromatic N) is 1. The molecule has 1 heterocycles. The summed E-state index contributed by atoms with van der Waals surface area (Å²) in [5.41, 5.74) is 0.984. The number of urea groups is 1. The Labute approximate surface area is 148 Å². The van der Waals surface area contributed by atoms with Gasteiger partial charge in [-0.3, -0.25) is 19.8 Å². The number of hydrogen-bond acceptors (Lipinski definition) is 4. The van der Waals surface area contributed by atoms with Crippen molar-refractivity contribution in [3.8, 4) is 5.75 Å². The number of amides is 4. The fraction of sp³-hybridized carbons (Fsp3) is 0.105. The Hall–Kier alpha value is -3.48. The van der Waals surface area contributed by atoms with E-state index in [0.29, 0.717) is 16.9 Å². The van der Waals surface area contributed by atoms with Crippen LogP contribution in [0, 0.1) is 5.82 Å². The Kier molecular flexibility index (Phi) is 4.79. The zero-order chi connectivity index (χ0) is 18.7. The van der Waals surface area contributed by atoms with Crippen LogP contribution in [-0.2, 0) is 16.1 Å². The van der Waals surface area contributed by atoms with Crippen molar-refractivity contribution >= 4 is 23.9 Å². The SMILES string of the molecule is COc1ccc(CN2C(=O)NC(=O)/C(=C\c3ccc(F)cc3)C2=O)cc1. The first-order valence-corrected chi connectivity index (χ1v) is 7.75. The molecule has 0 aliphatic carbocycles. The van der Waals surface area contributed by atoms with Crippen LogP contribution in [0.15, 0.2) is 54.1 Å². The Morgan fingerprint density at radius 1 is 1.04 bits per heavy atom. The molecule has 0 bridgehead atoms. The number of methoxy groups -OCH3 is 1. The number of carbonyl (C=O) groups excluding carboxylic acids is 3. The van der Waals surface area contributed by atoms with E-state index in [1.54, 1.807) is 24.3 Å². The first-order valence-electron chi connectivity index (χ1n) is 7.75. The van der Waals surface area contributed by atoms with Gasteiger partial charge >= 0.3 is 6.03 Å². The number of rotatable bonds is 4. The molecule has 132 valence electrons. The molecule has 4 amide bonds. The summed E-state index contributed by atoms with van der Waals surface area (Å²) < 4.78 is 18.1. The average Bonchev–Trinajstić information content (AvgIpc) is 2.64. The fourth-order valence-electron chi connectivity index (χ4n) is 2.48. The number of carbonyl (C=O) groups is 3. The Morgan fingerprint density at radius 3 is 2.31 bits per heavy atom. The molecule has 0 radical (unpaired) electrons. The van der Waals surface area contributed by atoms with Crippen LogP contribution >= 0.6 is 0 Å². The molecule has 0 atom stereocenters. The minimum atomic E-state index is -0.785. The Bertz CT molecular complexity index is 889. The highest BCUT2D eigenvalue weighted by molar-refractivity contribution is 6.30. The number of barbiturate groups is 1. The number of hydrogen-bond donors (Lipinski definition) is 1. The zero-order valence-corrected chi connectivity index (χ0v) is 13.9.